The van der Waals surface area contributed by atoms with Gasteiger partial charge in [-0.3, -0.25) is 4.90 Å². The Bertz CT molecular complexity index is 344. The summed E-state index contributed by atoms with van der Waals surface area (Å²) in [6.07, 6.45) is 8.45. The lowest BCUT2D eigenvalue weighted by Gasteiger charge is -2.28. The van der Waals surface area contributed by atoms with Gasteiger partial charge in [0, 0.05) is 6.54 Å². The molecule has 0 N–H and O–H groups in total. The van der Waals surface area contributed by atoms with Crippen molar-refractivity contribution < 1.29 is 0 Å². The van der Waals surface area contributed by atoms with Crippen LogP contribution in [-0.2, 0) is 6.54 Å². The van der Waals surface area contributed by atoms with Crippen molar-refractivity contribution in [2.24, 2.45) is 0 Å². The van der Waals surface area contributed by atoms with Crippen molar-refractivity contribution in [3.8, 4) is 0 Å². The molecule has 1 nitrogen and oxygen atoms in total. The van der Waals surface area contributed by atoms with Crippen molar-refractivity contribution in [2.75, 3.05) is 13.1 Å². The third-order valence-corrected chi connectivity index (χ3v) is 4.41. The second-order valence-corrected chi connectivity index (χ2v) is 5.71. The molecule has 1 aliphatic heterocycles. The van der Waals surface area contributed by atoms with Crippen molar-refractivity contribution in [3.63, 3.8) is 0 Å². The Morgan fingerprint density at radius 3 is 2.18 bits per heavy atom. The molecule has 0 radical (unpaired) electrons. The molecule has 92 valence electrons. The van der Waals surface area contributed by atoms with Gasteiger partial charge in [0.2, 0.25) is 0 Å². The summed E-state index contributed by atoms with van der Waals surface area (Å²) in [6.45, 7) is 3.75. The first-order valence-electron chi connectivity index (χ1n) is 7.23. The van der Waals surface area contributed by atoms with Gasteiger partial charge in [0.1, 0.15) is 0 Å². The van der Waals surface area contributed by atoms with E-state index in [1.54, 1.807) is 5.56 Å². The van der Waals surface area contributed by atoms with Gasteiger partial charge >= 0.3 is 0 Å². The highest BCUT2D eigenvalue weighted by atomic mass is 15.1. The molecule has 1 aromatic carbocycles. The third-order valence-electron chi connectivity index (χ3n) is 4.41. The van der Waals surface area contributed by atoms with Crippen LogP contribution in [0, 0.1) is 0 Å². The topological polar surface area (TPSA) is 3.24 Å². The van der Waals surface area contributed by atoms with Gasteiger partial charge < -0.3 is 0 Å². The lowest BCUT2D eigenvalue weighted by atomic mass is 9.80. The summed E-state index contributed by atoms with van der Waals surface area (Å²) in [6, 6.07) is 9.43. The summed E-state index contributed by atoms with van der Waals surface area (Å²) in [5.41, 5.74) is 3.06. The Labute approximate surface area is 105 Å². The quantitative estimate of drug-likeness (QED) is 0.759. The van der Waals surface area contributed by atoms with Crippen LogP contribution in [0.15, 0.2) is 24.3 Å². The van der Waals surface area contributed by atoms with Gasteiger partial charge in [0.05, 0.1) is 0 Å². The molecule has 0 aromatic heterocycles. The molecule has 3 rings (SSSR count). The molecule has 1 heterocycles. The van der Waals surface area contributed by atoms with E-state index in [2.05, 4.69) is 29.2 Å². The number of rotatable bonds is 3. The van der Waals surface area contributed by atoms with E-state index < -0.39 is 0 Å². The third kappa shape index (κ3) is 2.71. The minimum Gasteiger partial charge on any atom is -0.299 e. The SMILES string of the molecule is c1cc(C2CCC2)ccc1CN1CCCCC1. The van der Waals surface area contributed by atoms with E-state index in [1.165, 1.54) is 57.2 Å². The Morgan fingerprint density at radius 2 is 1.59 bits per heavy atom. The van der Waals surface area contributed by atoms with Crippen LogP contribution >= 0.6 is 0 Å². The molecule has 1 heteroatoms. The normalized spacial score (nSPS) is 22.4. The van der Waals surface area contributed by atoms with E-state index in [4.69, 9.17) is 0 Å². The molecule has 0 spiro atoms. The van der Waals surface area contributed by atoms with Crippen molar-refractivity contribution in [1.82, 2.24) is 4.90 Å². The van der Waals surface area contributed by atoms with Gasteiger partial charge in [-0.2, -0.15) is 0 Å². The van der Waals surface area contributed by atoms with Crippen LogP contribution in [0.1, 0.15) is 55.6 Å². The maximum absolute atomic E-state index is 2.60. The van der Waals surface area contributed by atoms with Crippen LogP contribution in [0.4, 0.5) is 0 Å². The minimum absolute atomic E-state index is 0.874. The molecule has 17 heavy (non-hydrogen) atoms. The molecule has 2 aliphatic rings. The van der Waals surface area contributed by atoms with Crippen LogP contribution in [0.25, 0.3) is 0 Å². The van der Waals surface area contributed by atoms with Gasteiger partial charge in [-0.05, 0) is 55.8 Å². The zero-order valence-corrected chi connectivity index (χ0v) is 10.7. The fourth-order valence-corrected chi connectivity index (χ4v) is 3.01. The Balaban J connectivity index is 1.59. The average molecular weight is 229 g/mol. The summed E-state index contributed by atoms with van der Waals surface area (Å²) in [5.74, 6) is 0.874. The zero-order chi connectivity index (χ0) is 11.5. The molecule has 1 aliphatic carbocycles. The van der Waals surface area contributed by atoms with E-state index in [9.17, 15) is 0 Å². The minimum atomic E-state index is 0.874. The Morgan fingerprint density at radius 1 is 0.882 bits per heavy atom. The summed E-state index contributed by atoms with van der Waals surface area (Å²) in [5, 5.41) is 0. The highest BCUT2D eigenvalue weighted by Gasteiger charge is 2.19. The number of hydrogen-bond acceptors (Lipinski definition) is 1. The van der Waals surface area contributed by atoms with Crippen molar-refractivity contribution in [1.29, 1.82) is 0 Å². The summed E-state index contributed by atoms with van der Waals surface area (Å²) < 4.78 is 0. The van der Waals surface area contributed by atoms with Gasteiger partial charge in [-0.1, -0.05) is 37.1 Å². The van der Waals surface area contributed by atoms with Crippen LogP contribution in [0.5, 0.6) is 0 Å². The predicted molar refractivity (Wildman–Crippen MR) is 72.2 cm³/mol. The highest BCUT2D eigenvalue weighted by Crippen LogP contribution is 2.36. The van der Waals surface area contributed by atoms with Crippen molar-refractivity contribution in [2.45, 2.75) is 51.0 Å². The van der Waals surface area contributed by atoms with E-state index in [0.29, 0.717) is 0 Å². The summed E-state index contributed by atoms with van der Waals surface area (Å²) >= 11 is 0. The molecule has 0 bridgehead atoms. The largest absolute Gasteiger partial charge is 0.299 e. The number of piperidine rings is 1. The van der Waals surface area contributed by atoms with Crippen molar-refractivity contribution in [3.05, 3.63) is 35.4 Å². The van der Waals surface area contributed by atoms with Gasteiger partial charge in [-0.15, -0.1) is 0 Å². The molecule has 0 atom stereocenters. The first kappa shape index (κ1) is 11.3. The highest BCUT2D eigenvalue weighted by molar-refractivity contribution is 5.26. The first-order valence-corrected chi connectivity index (χ1v) is 7.23. The Kier molecular flexibility index (Phi) is 3.46. The second-order valence-electron chi connectivity index (χ2n) is 5.71. The second kappa shape index (κ2) is 5.22. The smallest absolute Gasteiger partial charge is 0.0233 e. The maximum Gasteiger partial charge on any atom is 0.0233 e. The number of likely N-dealkylation sites (tertiary alicyclic amines) is 1. The monoisotopic (exact) mass is 229 g/mol. The summed E-state index contributed by atoms with van der Waals surface area (Å²) in [4.78, 5) is 2.60. The van der Waals surface area contributed by atoms with E-state index in [1.807, 2.05) is 0 Å². The number of hydrogen-bond donors (Lipinski definition) is 0. The van der Waals surface area contributed by atoms with Crippen LogP contribution in [-0.4, -0.2) is 18.0 Å². The lowest BCUT2D eigenvalue weighted by molar-refractivity contribution is 0.221. The van der Waals surface area contributed by atoms with Gasteiger partial charge in [-0.25, -0.2) is 0 Å². The standard InChI is InChI=1S/C16H23N/c1-2-11-17(12-3-1)13-14-7-9-16(10-8-14)15-5-4-6-15/h7-10,15H,1-6,11-13H2. The number of nitrogens with zero attached hydrogens (tertiary/aromatic N) is 1. The van der Waals surface area contributed by atoms with Gasteiger partial charge in [0.15, 0.2) is 0 Å². The van der Waals surface area contributed by atoms with Crippen LogP contribution in [0.2, 0.25) is 0 Å². The van der Waals surface area contributed by atoms with Crippen LogP contribution in [0.3, 0.4) is 0 Å². The molecule has 1 saturated carbocycles. The molecular formula is C16H23N. The van der Waals surface area contributed by atoms with Crippen LogP contribution < -0.4 is 0 Å². The fraction of sp³-hybridized carbons (Fsp3) is 0.625. The van der Waals surface area contributed by atoms with E-state index in [0.717, 1.165) is 12.5 Å². The molecule has 0 unspecified atom stereocenters. The molecular weight excluding hydrogens is 206 g/mol. The Hall–Kier alpha value is -0.820. The van der Waals surface area contributed by atoms with Gasteiger partial charge in [0.25, 0.3) is 0 Å². The zero-order valence-electron chi connectivity index (χ0n) is 10.7. The fourth-order valence-electron chi connectivity index (χ4n) is 3.01. The molecule has 0 amide bonds. The maximum atomic E-state index is 2.60. The predicted octanol–water partition coefficient (Wildman–Crippen LogP) is 3.94. The lowest BCUT2D eigenvalue weighted by Crippen LogP contribution is -2.29. The van der Waals surface area contributed by atoms with E-state index >= 15 is 0 Å². The van der Waals surface area contributed by atoms with Crippen molar-refractivity contribution >= 4 is 0 Å². The number of benzene rings is 1. The molecule has 1 saturated heterocycles. The molecule has 2 fully saturated rings. The average Bonchev–Trinajstić information content (AvgIpc) is 2.31. The van der Waals surface area contributed by atoms with E-state index in [-0.39, 0.29) is 0 Å². The summed E-state index contributed by atoms with van der Waals surface area (Å²) in [7, 11) is 0. The molecule has 1 aromatic rings. The first-order chi connectivity index (χ1) is 8.42.